The molecule has 3 aliphatic heterocycles. The van der Waals surface area contributed by atoms with Crippen LogP contribution in [-0.4, -0.2) is 49.2 Å². The Bertz CT molecular complexity index is 986. The second-order valence-corrected chi connectivity index (χ2v) is 8.13. The van der Waals surface area contributed by atoms with E-state index in [1.807, 2.05) is 23.1 Å². The number of carbonyl (C=O) groups is 2. The molecule has 2 saturated heterocycles. The van der Waals surface area contributed by atoms with Gasteiger partial charge in [0.2, 0.25) is 0 Å². The number of amides is 2. The third kappa shape index (κ3) is 4.10. The molecule has 2 aromatic carbocycles. The van der Waals surface area contributed by atoms with Crippen molar-refractivity contribution in [3.05, 3.63) is 53.6 Å². The van der Waals surface area contributed by atoms with Crippen LogP contribution in [0, 0.1) is 0 Å². The van der Waals surface area contributed by atoms with Crippen molar-refractivity contribution in [2.24, 2.45) is 0 Å². The molecule has 162 valence electrons. The van der Waals surface area contributed by atoms with Crippen molar-refractivity contribution in [3.8, 4) is 11.5 Å². The number of carbonyl (C=O) groups excluding carboxylic acids is 2. The molecule has 0 radical (unpaired) electrons. The predicted molar refractivity (Wildman–Crippen MR) is 114 cm³/mol. The fraction of sp³-hybridized carbons (Fsp3) is 0.417. The van der Waals surface area contributed by atoms with Gasteiger partial charge in [-0.25, -0.2) is 0 Å². The molecule has 2 atom stereocenters. The predicted octanol–water partition coefficient (Wildman–Crippen LogP) is 3.55. The fourth-order valence-electron chi connectivity index (χ4n) is 4.53. The van der Waals surface area contributed by atoms with Gasteiger partial charge in [-0.05, 0) is 61.6 Å². The van der Waals surface area contributed by atoms with Crippen LogP contribution in [0.15, 0.2) is 42.5 Å². The van der Waals surface area contributed by atoms with Gasteiger partial charge in [0.1, 0.15) is 19.3 Å². The molecule has 7 heteroatoms. The first-order chi connectivity index (χ1) is 15.2. The number of likely N-dealkylation sites (tertiary alicyclic amines) is 1. The van der Waals surface area contributed by atoms with Crippen LogP contribution in [0.25, 0.3) is 0 Å². The first kappa shape index (κ1) is 19.9. The van der Waals surface area contributed by atoms with E-state index in [1.165, 1.54) is 0 Å². The van der Waals surface area contributed by atoms with Gasteiger partial charge < -0.3 is 24.4 Å². The zero-order valence-electron chi connectivity index (χ0n) is 17.3. The van der Waals surface area contributed by atoms with Gasteiger partial charge in [-0.3, -0.25) is 9.59 Å². The van der Waals surface area contributed by atoms with E-state index in [-0.39, 0.29) is 17.9 Å². The Hall–Kier alpha value is -3.06. The Labute approximate surface area is 181 Å². The number of ether oxygens (including phenoxy) is 3. The Kier molecular flexibility index (Phi) is 5.51. The molecule has 3 heterocycles. The van der Waals surface area contributed by atoms with Crippen LogP contribution in [-0.2, 0) is 9.53 Å². The highest BCUT2D eigenvalue weighted by molar-refractivity contribution is 5.98. The molecule has 7 nitrogen and oxygen atoms in total. The van der Waals surface area contributed by atoms with Crippen molar-refractivity contribution in [1.82, 2.24) is 4.90 Å². The molecule has 0 bridgehead atoms. The van der Waals surface area contributed by atoms with E-state index in [0.717, 1.165) is 42.7 Å². The minimum absolute atomic E-state index is 0.00605. The molecule has 0 saturated carbocycles. The number of fused-ring (bicyclic) bond motifs is 1. The van der Waals surface area contributed by atoms with Crippen LogP contribution in [0.2, 0.25) is 0 Å². The first-order valence-electron chi connectivity index (χ1n) is 10.9. The van der Waals surface area contributed by atoms with E-state index in [0.29, 0.717) is 37.6 Å². The standard InChI is InChI=1S/C24H26N2O5/c27-23(21-7-3-11-29-21)25-18-5-1-4-17(14-18)24(28)26-10-2-6-19(26)16-8-9-20-22(15-16)31-13-12-30-20/h1,4-5,8-9,14-15,19,21H,2-3,6-7,10-13H2,(H,25,27). The van der Waals surface area contributed by atoms with Gasteiger partial charge in [0.15, 0.2) is 11.5 Å². The molecular weight excluding hydrogens is 396 g/mol. The maximum Gasteiger partial charge on any atom is 0.254 e. The van der Waals surface area contributed by atoms with Crippen LogP contribution in [0.1, 0.15) is 47.6 Å². The molecule has 0 aliphatic carbocycles. The number of hydrogen-bond acceptors (Lipinski definition) is 5. The van der Waals surface area contributed by atoms with E-state index in [4.69, 9.17) is 14.2 Å². The smallest absolute Gasteiger partial charge is 0.254 e. The Morgan fingerprint density at radius 2 is 1.81 bits per heavy atom. The zero-order valence-corrected chi connectivity index (χ0v) is 17.3. The molecule has 5 rings (SSSR count). The lowest BCUT2D eigenvalue weighted by molar-refractivity contribution is -0.124. The number of nitrogens with zero attached hydrogens (tertiary/aromatic N) is 1. The minimum atomic E-state index is -0.405. The van der Waals surface area contributed by atoms with Crippen LogP contribution in [0.3, 0.4) is 0 Å². The van der Waals surface area contributed by atoms with Gasteiger partial charge in [-0.15, -0.1) is 0 Å². The lowest BCUT2D eigenvalue weighted by Gasteiger charge is -2.27. The van der Waals surface area contributed by atoms with Crippen LogP contribution in [0.4, 0.5) is 5.69 Å². The molecule has 31 heavy (non-hydrogen) atoms. The van der Waals surface area contributed by atoms with Gasteiger partial charge in [0, 0.05) is 24.4 Å². The Balaban J connectivity index is 1.32. The summed E-state index contributed by atoms with van der Waals surface area (Å²) < 4.78 is 16.8. The SMILES string of the molecule is O=C(Nc1cccc(C(=O)N2CCCC2c2ccc3c(c2)OCCO3)c1)C1CCCO1. The van der Waals surface area contributed by atoms with Crippen LogP contribution >= 0.6 is 0 Å². The molecule has 3 aliphatic rings. The number of anilines is 1. The van der Waals surface area contributed by atoms with Gasteiger partial charge in [-0.2, -0.15) is 0 Å². The summed E-state index contributed by atoms with van der Waals surface area (Å²) in [5, 5.41) is 2.88. The highest BCUT2D eigenvalue weighted by atomic mass is 16.6. The number of benzene rings is 2. The average Bonchev–Trinajstić information content (AvgIpc) is 3.51. The second kappa shape index (κ2) is 8.59. The van der Waals surface area contributed by atoms with Gasteiger partial charge in [-0.1, -0.05) is 12.1 Å². The van der Waals surface area contributed by atoms with E-state index in [9.17, 15) is 9.59 Å². The van der Waals surface area contributed by atoms with Crippen molar-refractivity contribution in [2.45, 2.75) is 37.8 Å². The number of rotatable bonds is 4. The van der Waals surface area contributed by atoms with Crippen molar-refractivity contribution in [2.75, 3.05) is 31.7 Å². The van der Waals surface area contributed by atoms with E-state index in [1.54, 1.807) is 24.3 Å². The topological polar surface area (TPSA) is 77.1 Å². The van der Waals surface area contributed by atoms with Gasteiger partial charge in [0.25, 0.3) is 11.8 Å². The summed E-state index contributed by atoms with van der Waals surface area (Å²) >= 11 is 0. The highest BCUT2D eigenvalue weighted by Gasteiger charge is 2.32. The fourth-order valence-corrected chi connectivity index (χ4v) is 4.53. The lowest BCUT2D eigenvalue weighted by atomic mass is 10.0. The van der Waals surface area contributed by atoms with E-state index >= 15 is 0 Å². The summed E-state index contributed by atoms with van der Waals surface area (Å²) in [5.41, 5.74) is 2.23. The van der Waals surface area contributed by atoms with Gasteiger partial charge >= 0.3 is 0 Å². The average molecular weight is 422 g/mol. The number of hydrogen-bond donors (Lipinski definition) is 1. The van der Waals surface area contributed by atoms with Gasteiger partial charge in [0.05, 0.1) is 6.04 Å². The van der Waals surface area contributed by atoms with E-state index in [2.05, 4.69) is 5.32 Å². The molecule has 0 aromatic heterocycles. The summed E-state index contributed by atoms with van der Waals surface area (Å²) in [4.78, 5) is 27.6. The Morgan fingerprint density at radius 3 is 2.65 bits per heavy atom. The molecule has 2 amide bonds. The molecule has 2 aromatic rings. The zero-order chi connectivity index (χ0) is 21.2. The quantitative estimate of drug-likeness (QED) is 0.815. The van der Waals surface area contributed by atoms with Crippen molar-refractivity contribution in [3.63, 3.8) is 0 Å². The molecule has 2 fully saturated rings. The largest absolute Gasteiger partial charge is 0.486 e. The summed E-state index contributed by atoms with van der Waals surface area (Å²) in [6.45, 7) is 2.41. The molecular formula is C24H26N2O5. The van der Waals surface area contributed by atoms with Crippen molar-refractivity contribution >= 4 is 17.5 Å². The third-order valence-electron chi connectivity index (χ3n) is 6.06. The number of nitrogens with one attached hydrogen (secondary N) is 1. The summed E-state index contributed by atoms with van der Waals surface area (Å²) in [6.07, 6.45) is 3.07. The monoisotopic (exact) mass is 422 g/mol. The molecule has 2 unspecified atom stereocenters. The van der Waals surface area contributed by atoms with Crippen LogP contribution in [0.5, 0.6) is 11.5 Å². The summed E-state index contributed by atoms with van der Waals surface area (Å²) in [7, 11) is 0. The maximum atomic E-state index is 13.3. The summed E-state index contributed by atoms with van der Waals surface area (Å²) in [6, 6.07) is 13.1. The van der Waals surface area contributed by atoms with Crippen molar-refractivity contribution in [1.29, 1.82) is 0 Å². The molecule has 0 spiro atoms. The maximum absolute atomic E-state index is 13.3. The normalized spacial score (nSPS) is 22.4. The Morgan fingerprint density at radius 1 is 0.935 bits per heavy atom. The van der Waals surface area contributed by atoms with E-state index < -0.39 is 6.10 Å². The second-order valence-electron chi connectivity index (χ2n) is 8.13. The van der Waals surface area contributed by atoms with Crippen LogP contribution < -0.4 is 14.8 Å². The highest BCUT2D eigenvalue weighted by Crippen LogP contribution is 2.38. The third-order valence-corrected chi connectivity index (χ3v) is 6.06. The minimum Gasteiger partial charge on any atom is -0.486 e. The van der Waals surface area contributed by atoms with Crippen molar-refractivity contribution < 1.29 is 23.8 Å². The summed E-state index contributed by atoms with van der Waals surface area (Å²) in [5.74, 6) is 1.30. The lowest BCUT2D eigenvalue weighted by Crippen LogP contribution is -2.31. The first-order valence-corrected chi connectivity index (χ1v) is 10.9. The molecule has 1 N–H and O–H groups in total.